The summed E-state index contributed by atoms with van der Waals surface area (Å²) in [5, 5.41) is 3.04. The molecule has 3 rings (SSSR count). The summed E-state index contributed by atoms with van der Waals surface area (Å²) in [4.78, 5) is 16.9. The third kappa shape index (κ3) is 6.45. The minimum absolute atomic E-state index is 0.105. The van der Waals surface area contributed by atoms with E-state index in [0.717, 1.165) is 49.9 Å². The summed E-state index contributed by atoms with van der Waals surface area (Å²) < 4.78 is 2.41. The molecule has 29 heavy (non-hydrogen) atoms. The summed E-state index contributed by atoms with van der Waals surface area (Å²) in [6.07, 6.45) is 8.37. The highest BCUT2D eigenvalue weighted by Crippen LogP contribution is 2.19. The van der Waals surface area contributed by atoms with Crippen molar-refractivity contribution in [3.05, 3.63) is 66.0 Å². The Morgan fingerprint density at radius 3 is 2.55 bits per heavy atom. The molecular formula is C25H33N3O. The van der Waals surface area contributed by atoms with Crippen LogP contribution in [-0.2, 0) is 24.2 Å². The van der Waals surface area contributed by atoms with Crippen LogP contribution in [0.1, 0.15) is 56.8 Å². The van der Waals surface area contributed by atoms with E-state index < -0.39 is 0 Å². The fourth-order valence-electron chi connectivity index (χ4n) is 3.74. The predicted octanol–water partition coefficient (Wildman–Crippen LogP) is 5.30. The second kappa shape index (κ2) is 11.4. The number of rotatable bonds is 12. The van der Waals surface area contributed by atoms with Gasteiger partial charge in [-0.15, -0.1) is 0 Å². The normalized spacial score (nSPS) is 11.1. The minimum atomic E-state index is 0.105. The molecule has 0 unspecified atom stereocenters. The first-order valence-corrected chi connectivity index (χ1v) is 11.0. The van der Waals surface area contributed by atoms with Crippen LogP contribution in [0.15, 0.2) is 54.6 Å². The van der Waals surface area contributed by atoms with Crippen molar-refractivity contribution in [2.45, 2.75) is 64.8 Å². The van der Waals surface area contributed by atoms with Crippen LogP contribution in [0.25, 0.3) is 11.0 Å². The Morgan fingerprint density at radius 2 is 1.72 bits per heavy atom. The van der Waals surface area contributed by atoms with Crippen LogP contribution >= 0.6 is 0 Å². The highest BCUT2D eigenvalue weighted by molar-refractivity contribution is 5.78. The van der Waals surface area contributed by atoms with Gasteiger partial charge in [0.2, 0.25) is 5.91 Å². The number of fused-ring (bicyclic) bond motifs is 1. The van der Waals surface area contributed by atoms with Crippen molar-refractivity contribution in [1.29, 1.82) is 0 Å². The highest BCUT2D eigenvalue weighted by atomic mass is 16.1. The largest absolute Gasteiger partial charge is 0.356 e. The summed E-state index contributed by atoms with van der Waals surface area (Å²) in [5.41, 5.74) is 3.42. The Morgan fingerprint density at radius 1 is 0.931 bits per heavy atom. The number of carbonyl (C=O) groups excluding carboxylic acids is 1. The molecule has 0 saturated heterocycles. The first-order valence-electron chi connectivity index (χ1n) is 11.0. The average molecular weight is 392 g/mol. The smallest absolute Gasteiger partial charge is 0.224 e. The molecule has 0 saturated carbocycles. The summed E-state index contributed by atoms with van der Waals surface area (Å²) in [6.45, 7) is 4.05. The fourth-order valence-corrected chi connectivity index (χ4v) is 3.74. The number of unbranched alkanes of at least 4 members (excludes halogenated alkanes) is 4. The van der Waals surface area contributed by atoms with Crippen LogP contribution in [-0.4, -0.2) is 22.0 Å². The van der Waals surface area contributed by atoms with Gasteiger partial charge in [-0.1, -0.05) is 68.7 Å². The average Bonchev–Trinajstić information content (AvgIpc) is 3.09. The first kappa shape index (κ1) is 21.1. The molecule has 4 nitrogen and oxygen atoms in total. The van der Waals surface area contributed by atoms with Crippen LogP contribution in [0.5, 0.6) is 0 Å². The van der Waals surface area contributed by atoms with Gasteiger partial charge in [0.25, 0.3) is 0 Å². The fraction of sp³-hybridized carbons (Fsp3) is 0.440. The number of imidazole rings is 1. The van der Waals surface area contributed by atoms with E-state index in [-0.39, 0.29) is 5.91 Å². The molecule has 1 heterocycles. The van der Waals surface area contributed by atoms with Gasteiger partial charge in [-0.3, -0.25) is 4.79 Å². The molecule has 0 radical (unpaired) electrons. The maximum atomic E-state index is 12.0. The standard InChI is InChI=1S/C25H33N3O/c1-2-3-12-19-28-23-16-10-9-15-22(23)27-24(28)17-8-5-11-18-26-25(29)20-21-13-6-4-7-14-21/h4,6-7,9-10,13-16H,2-3,5,8,11-12,17-20H2,1H3,(H,26,29). The topological polar surface area (TPSA) is 46.9 Å². The van der Waals surface area contributed by atoms with Gasteiger partial charge in [0.05, 0.1) is 17.5 Å². The van der Waals surface area contributed by atoms with Crippen molar-refractivity contribution in [2.75, 3.05) is 6.54 Å². The number of nitrogens with one attached hydrogen (secondary N) is 1. The third-order valence-corrected chi connectivity index (χ3v) is 5.33. The van der Waals surface area contributed by atoms with Crippen molar-refractivity contribution in [3.8, 4) is 0 Å². The van der Waals surface area contributed by atoms with Gasteiger partial charge >= 0.3 is 0 Å². The molecule has 154 valence electrons. The number of aryl methyl sites for hydroxylation is 2. The molecule has 1 aromatic heterocycles. The highest BCUT2D eigenvalue weighted by Gasteiger charge is 2.10. The van der Waals surface area contributed by atoms with E-state index in [0.29, 0.717) is 6.42 Å². The summed E-state index contributed by atoms with van der Waals surface area (Å²) >= 11 is 0. The second-order valence-electron chi connectivity index (χ2n) is 7.70. The van der Waals surface area contributed by atoms with E-state index in [9.17, 15) is 4.79 Å². The molecule has 0 spiro atoms. The first-order chi connectivity index (χ1) is 14.3. The van der Waals surface area contributed by atoms with Crippen LogP contribution in [0.4, 0.5) is 0 Å². The van der Waals surface area contributed by atoms with Gasteiger partial charge in [-0.2, -0.15) is 0 Å². The van der Waals surface area contributed by atoms with E-state index in [1.807, 2.05) is 30.3 Å². The maximum absolute atomic E-state index is 12.0. The molecule has 0 aliphatic carbocycles. The van der Waals surface area contributed by atoms with E-state index in [1.165, 1.54) is 30.6 Å². The van der Waals surface area contributed by atoms with Gasteiger partial charge in [-0.25, -0.2) is 4.98 Å². The molecule has 1 N–H and O–H groups in total. The molecule has 0 aliphatic heterocycles. The van der Waals surface area contributed by atoms with Crippen LogP contribution in [0.2, 0.25) is 0 Å². The zero-order chi connectivity index (χ0) is 20.3. The SMILES string of the molecule is CCCCCn1c(CCCCCNC(=O)Cc2ccccc2)nc2ccccc21. The van der Waals surface area contributed by atoms with E-state index in [1.54, 1.807) is 0 Å². The lowest BCUT2D eigenvalue weighted by Gasteiger charge is -2.09. The van der Waals surface area contributed by atoms with Gasteiger partial charge < -0.3 is 9.88 Å². The maximum Gasteiger partial charge on any atom is 0.224 e. The monoisotopic (exact) mass is 391 g/mol. The number of benzene rings is 2. The Balaban J connectivity index is 1.41. The lowest BCUT2D eigenvalue weighted by molar-refractivity contribution is -0.120. The van der Waals surface area contributed by atoms with Crippen molar-refractivity contribution >= 4 is 16.9 Å². The van der Waals surface area contributed by atoms with Crippen LogP contribution in [0, 0.1) is 0 Å². The number of carbonyl (C=O) groups is 1. The number of hydrogen-bond acceptors (Lipinski definition) is 2. The molecule has 2 aromatic carbocycles. The Hall–Kier alpha value is -2.62. The van der Waals surface area contributed by atoms with Crippen LogP contribution < -0.4 is 5.32 Å². The van der Waals surface area contributed by atoms with E-state index in [2.05, 4.69) is 41.1 Å². The molecule has 4 heteroatoms. The molecule has 0 fully saturated rings. The van der Waals surface area contributed by atoms with Crippen LogP contribution in [0.3, 0.4) is 0 Å². The molecular weight excluding hydrogens is 358 g/mol. The quantitative estimate of drug-likeness (QED) is 0.426. The predicted molar refractivity (Wildman–Crippen MR) is 120 cm³/mol. The molecule has 0 aliphatic rings. The van der Waals surface area contributed by atoms with Gasteiger partial charge in [-0.05, 0) is 37.0 Å². The summed E-state index contributed by atoms with van der Waals surface area (Å²) in [6, 6.07) is 18.3. The minimum Gasteiger partial charge on any atom is -0.356 e. The number of amides is 1. The lowest BCUT2D eigenvalue weighted by Crippen LogP contribution is -2.26. The Labute approximate surface area is 174 Å². The molecule has 0 bridgehead atoms. The van der Waals surface area contributed by atoms with Crippen molar-refractivity contribution in [1.82, 2.24) is 14.9 Å². The van der Waals surface area contributed by atoms with Gasteiger partial charge in [0.15, 0.2) is 0 Å². The van der Waals surface area contributed by atoms with E-state index >= 15 is 0 Å². The molecule has 1 amide bonds. The Kier molecular flexibility index (Phi) is 8.29. The number of aromatic nitrogens is 2. The number of para-hydroxylation sites is 2. The molecule has 0 atom stereocenters. The van der Waals surface area contributed by atoms with Crippen molar-refractivity contribution in [2.24, 2.45) is 0 Å². The summed E-state index contributed by atoms with van der Waals surface area (Å²) in [7, 11) is 0. The van der Waals surface area contributed by atoms with Gasteiger partial charge in [0.1, 0.15) is 5.82 Å². The molecule has 3 aromatic rings. The zero-order valence-corrected chi connectivity index (χ0v) is 17.6. The van der Waals surface area contributed by atoms with E-state index in [4.69, 9.17) is 4.98 Å². The number of hydrogen-bond donors (Lipinski definition) is 1. The third-order valence-electron chi connectivity index (χ3n) is 5.33. The van der Waals surface area contributed by atoms with Crippen molar-refractivity contribution < 1.29 is 4.79 Å². The number of nitrogens with zero attached hydrogens (tertiary/aromatic N) is 2. The van der Waals surface area contributed by atoms with Crippen molar-refractivity contribution in [3.63, 3.8) is 0 Å². The Bertz CT molecular complexity index is 885. The summed E-state index contributed by atoms with van der Waals surface area (Å²) in [5.74, 6) is 1.31. The van der Waals surface area contributed by atoms with Gasteiger partial charge in [0, 0.05) is 19.5 Å². The lowest BCUT2D eigenvalue weighted by atomic mass is 10.1. The second-order valence-corrected chi connectivity index (χ2v) is 7.70. The zero-order valence-electron chi connectivity index (χ0n) is 17.6.